The Labute approximate surface area is 104 Å². The van der Waals surface area contributed by atoms with E-state index in [1.165, 1.54) is 5.69 Å². The molecule has 1 saturated heterocycles. The van der Waals surface area contributed by atoms with Crippen LogP contribution in [0.4, 0.5) is 0 Å². The van der Waals surface area contributed by atoms with Crippen LogP contribution in [0.25, 0.3) is 0 Å². The zero-order valence-electron chi connectivity index (χ0n) is 8.69. The summed E-state index contributed by atoms with van der Waals surface area (Å²) < 4.78 is 2.81. The van der Waals surface area contributed by atoms with Crippen molar-refractivity contribution in [3.05, 3.63) is 16.4 Å². The molecular formula is C9H16BrClN4. The van der Waals surface area contributed by atoms with Crippen molar-refractivity contribution in [2.45, 2.75) is 19.0 Å². The molecule has 1 aliphatic heterocycles. The summed E-state index contributed by atoms with van der Waals surface area (Å²) in [6.07, 6.45) is 1.11. The van der Waals surface area contributed by atoms with Crippen molar-refractivity contribution >= 4 is 28.3 Å². The Morgan fingerprint density at radius 2 is 2.40 bits per heavy atom. The second kappa shape index (κ2) is 5.30. The molecule has 0 saturated carbocycles. The van der Waals surface area contributed by atoms with Crippen molar-refractivity contribution in [1.29, 1.82) is 0 Å². The minimum atomic E-state index is 0. The number of halogens is 2. The van der Waals surface area contributed by atoms with Crippen molar-refractivity contribution < 1.29 is 0 Å². The maximum absolute atomic E-state index is 5.85. The summed E-state index contributed by atoms with van der Waals surface area (Å²) in [7, 11) is 1.97. The van der Waals surface area contributed by atoms with Gasteiger partial charge in [-0.3, -0.25) is 9.58 Å². The van der Waals surface area contributed by atoms with E-state index in [1.807, 2.05) is 11.7 Å². The molecule has 4 nitrogen and oxygen atoms in total. The maximum atomic E-state index is 5.85. The molecule has 1 fully saturated rings. The number of nitrogens with two attached hydrogens (primary N) is 1. The van der Waals surface area contributed by atoms with Gasteiger partial charge in [-0.25, -0.2) is 0 Å². The largest absolute Gasteiger partial charge is 0.326 e. The Morgan fingerprint density at radius 3 is 2.87 bits per heavy atom. The molecule has 1 atom stereocenters. The Morgan fingerprint density at radius 1 is 1.67 bits per heavy atom. The molecule has 0 aliphatic carbocycles. The predicted molar refractivity (Wildman–Crippen MR) is 66.0 cm³/mol. The van der Waals surface area contributed by atoms with E-state index in [9.17, 15) is 0 Å². The third-order valence-corrected chi connectivity index (χ3v) is 3.03. The van der Waals surface area contributed by atoms with E-state index in [0.717, 1.165) is 30.7 Å². The average molecular weight is 296 g/mol. The van der Waals surface area contributed by atoms with Gasteiger partial charge < -0.3 is 5.73 Å². The molecular weight excluding hydrogens is 279 g/mol. The molecule has 0 radical (unpaired) electrons. The van der Waals surface area contributed by atoms with Gasteiger partial charge in [0.15, 0.2) is 0 Å². The number of aromatic nitrogens is 2. The highest BCUT2D eigenvalue weighted by Gasteiger charge is 2.19. The Bertz CT molecular complexity index is 328. The van der Waals surface area contributed by atoms with E-state index in [0.29, 0.717) is 6.04 Å². The lowest BCUT2D eigenvalue weighted by molar-refractivity contribution is 0.317. The molecule has 1 aromatic heterocycles. The van der Waals surface area contributed by atoms with Crippen molar-refractivity contribution in [3.8, 4) is 0 Å². The Kier molecular flexibility index (Phi) is 4.58. The van der Waals surface area contributed by atoms with Crippen LogP contribution in [-0.2, 0) is 13.6 Å². The van der Waals surface area contributed by atoms with Crippen LogP contribution < -0.4 is 5.73 Å². The predicted octanol–water partition coefficient (Wildman–Crippen LogP) is 1.14. The molecule has 0 unspecified atom stereocenters. The fraction of sp³-hybridized carbons (Fsp3) is 0.667. The number of hydrogen-bond donors (Lipinski definition) is 1. The van der Waals surface area contributed by atoms with E-state index in [2.05, 4.69) is 32.0 Å². The van der Waals surface area contributed by atoms with E-state index < -0.39 is 0 Å². The standard InChI is InChI=1S/C9H15BrN4.ClH/c1-13-8(4-9(10)12-13)6-14-3-2-7(11)5-14;/h4,7H,2-3,5-6,11H2,1H3;1H/t7-;/m1./s1. The third kappa shape index (κ3) is 3.17. The highest BCUT2D eigenvalue weighted by Crippen LogP contribution is 2.15. The summed E-state index contributed by atoms with van der Waals surface area (Å²) in [5.41, 5.74) is 7.08. The molecule has 2 heterocycles. The van der Waals surface area contributed by atoms with Crippen LogP contribution in [0.5, 0.6) is 0 Å². The lowest BCUT2D eigenvalue weighted by Crippen LogP contribution is -2.26. The summed E-state index contributed by atoms with van der Waals surface area (Å²) in [6.45, 7) is 3.05. The maximum Gasteiger partial charge on any atom is 0.128 e. The molecule has 2 N–H and O–H groups in total. The minimum absolute atomic E-state index is 0. The lowest BCUT2D eigenvalue weighted by atomic mass is 10.3. The summed E-state index contributed by atoms with van der Waals surface area (Å²) in [5.74, 6) is 0. The van der Waals surface area contributed by atoms with Crippen molar-refractivity contribution in [1.82, 2.24) is 14.7 Å². The van der Waals surface area contributed by atoms with Gasteiger partial charge >= 0.3 is 0 Å². The Balaban J connectivity index is 0.00000112. The van der Waals surface area contributed by atoms with E-state index in [-0.39, 0.29) is 12.4 Å². The van der Waals surface area contributed by atoms with Crippen LogP contribution in [-0.4, -0.2) is 33.8 Å². The molecule has 15 heavy (non-hydrogen) atoms. The number of rotatable bonds is 2. The fourth-order valence-electron chi connectivity index (χ4n) is 1.85. The molecule has 6 heteroatoms. The average Bonchev–Trinajstić information content (AvgIpc) is 2.61. The van der Waals surface area contributed by atoms with Gasteiger partial charge in [0.25, 0.3) is 0 Å². The second-order valence-electron chi connectivity index (χ2n) is 3.87. The van der Waals surface area contributed by atoms with Gasteiger partial charge in [-0.2, -0.15) is 5.10 Å². The smallest absolute Gasteiger partial charge is 0.128 e. The third-order valence-electron chi connectivity index (χ3n) is 2.64. The van der Waals surface area contributed by atoms with E-state index in [1.54, 1.807) is 0 Å². The van der Waals surface area contributed by atoms with Crippen LogP contribution in [0, 0.1) is 0 Å². The molecule has 1 aliphatic rings. The first-order valence-electron chi connectivity index (χ1n) is 4.81. The minimum Gasteiger partial charge on any atom is -0.326 e. The van der Waals surface area contributed by atoms with Gasteiger partial charge in [-0.1, -0.05) is 0 Å². The van der Waals surface area contributed by atoms with Crippen LogP contribution in [0.3, 0.4) is 0 Å². The quantitative estimate of drug-likeness (QED) is 0.890. The van der Waals surface area contributed by atoms with E-state index >= 15 is 0 Å². The molecule has 0 amide bonds. The van der Waals surface area contributed by atoms with Crippen LogP contribution >= 0.6 is 28.3 Å². The molecule has 86 valence electrons. The van der Waals surface area contributed by atoms with Gasteiger partial charge in [0.1, 0.15) is 4.60 Å². The van der Waals surface area contributed by atoms with E-state index in [4.69, 9.17) is 5.73 Å². The van der Waals surface area contributed by atoms with Crippen molar-refractivity contribution in [2.24, 2.45) is 12.8 Å². The van der Waals surface area contributed by atoms with Gasteiger partial charge in [0.2, 0.25) is 0 Å². The molecule has 0 bridgehead atoms. The van der Waals surface area contributed by atoms with Gasteiger partial charge in [0.05, 0.1) is 5.69 Å². The fourth-order valence-corrected chi connectivity index (χ4v) is 2.35. The SMILES string of the molecule is Cl.Cn1nc(Br)cc1CN1CC[C@@H](N)C1. The highest BCUT2D eigenvalue weighted by molar-refractivity contribution is 9.10. The number of aryl methyl sites for hydroxylation is 1. The topological polar surface area (TPSA) is 47.1 Å². The second-order valence-corrected chi connectivity index (χ2v) is 4.68. The van der Waals surface area contributed by atoms with Gasteiger partial charge in [-0.05, 0) is 28.4 Å². The van der Waals surface area contributed by atoms with Gasteiger partial charge in [-0.15, -0.1) is 12.4 Å². The number of nitrogens with zero attached hydrogens (tertiary/aromatic N) is 3. The summed E-state index contributed by atoms with van der Waals surface area (Å²) >= 11 is 3.37. The summed E-state index contributed by atoms with van der Waals surface area (Å²) in [6, 6.07) is 2.41. The first-order valence-corrected chi connectivity index (χ1v) is 5.61. The summed E-state index contributed by atoms with van der Waals surface area (Å²) in [4.78, 5) is 2.37. The highest BCUT2D eigenvalue weighted by atomic mass is 79.9. The molecule has 1 aromatic rings. The van der Waals surface area contributed by atoms with Crippen LogP contribution in [0.1, 0.15) is 12.1 Å². The molecule has 2 rings (SSSR count). The molecule has 0 aromatic carbocycles. The Hall–Kier alpha value is -0.100. The first kappa shape index (κ1) is 13.0. The number of hydrogen-bond acceptors (Lipinski definition) is 3. The first-order chi connectivity index (χ1) is 6.65. The normalized spacial score (nSPS) is 21.7. The van der Waals surface area contributed by atoms with Crippen molar-refractivity contribution in [2.75, 3.05) is 13.1 Å². The van der Waals surface area contributed by atoms with Crippen LogP contribution in [0.2, 0.25) is 0 Å². The number of likely N-dealkylation sites (tertiary alicyclic amines) is 1. The van der Waals surface area contributed by atoms with Crippen LogP contribution in [0.15, 0.2) is 10.7 Å². The zero-order valence-corrected chi connectivity index (χ0v) is 11.1. The lowest BCUT2D eigenvalue weighted by Gasteiger charge is -2.14. The summed E-state index contributed by atoms with van der Waals surface area (Å²) in [5, 5.41) is 4.25. The van der Waals surface area contributed by atoms with Crippen molar-refractivity contribution in [3.63, 3.8) is 0 Å². The monoisotopic (exact) mass is 294 g/mol. The molecule has 0 spiro atoms. The zero-order chi connectivity index (χ0) is 10.1. The van der Waals surface area contributed by atoms with Gasteiger partial charge in [0, 0.05) is 32.7 Å².